The molecule has 0 fully saturated rings. The molecule has 6 nitrogen and oxygen atoms in total. The Bertz CT molecular complexity index is 840. The van der Waals surface area contributed by atoms with Crippen molar-refractivity contribution >= 4 is 11.6 Å². The average Bonchev–Trinajstić information content (AvgIpc) is 2.92. The standard InChI is InChI=1S/C19H19N3O3/c1-13-17(14(2)25-22-13)8-9-18(23)21-15-10-11-20-19(12-15)24-16-6-4-3-5-7-16/h3-7,10-12H,8-9H2,1-2H3,(H,20,21,23). The second-order valence-electron chi connectivity index (χ2n) is 5.65. The molecule has 0 atom stereocenters. The van der Waals surface area contributed by atoms with Crippen molar-refractivity contribution in [2.75, 3.05) is 5.32 Å². The van der Waals surface area contributed by atoms with Gasteiger partial charge >= 0.3 is 0 Å². The molecule has 3 aromatic rings. The maximum absolute atomic E-state index is 12.2. The Morgan fingerprint density at radius 3 is 2.72 bits per heavy atom. The molecule has 1 amide bonds. The first kappa shape index (κ1) is 16.7. The summed E-state index contributed by atoms with van der Waals surface area (Å²) >= 11 is 0. The molecular weight excluding hydrogens is 318 g/mol. The van der Waals surface area contributed by atoms with E-state index in [1.807, 2.05) is 44.2 Å². The second kappa shape index (κ2) is 7.61. The van der Waals surface area contributed by atoms with Gasteiger partial charge in [0.1, 0.15) is 11.5 Å². The zero-order valence-electron chi connectivity index (χ0n) is 14.2. The van der Waals surface area contributed by atoms with Crippen molar-refractivity contribution in [3.63, 3.8) is 0 Å². The van der Waals surface area contributed by atoms with E-state index in [1.54, 1.807) is 18.3 Å². The lowest BCUT2D eigenvalue weighted by atomic mass is 10.1. The highest BCUT2D eigenvalue weighted by molar-refractivity contribution is 5.90. The minimum Gasteiger partial charge on any atom is -0.439 e. The number of anilines is 1. The summed E-state index contributed by atoms with van der Waals surface area (Å²) < 4.78 is 10.8. The number of nitrogens with one attached hydrogen (secondary N) is 1. The summed E-state index contributed by atoms with van der Waals surface area (Å²) in [5, 5.41) is 6.76. The van der Waals surface area contributed by atoms with E-state index < -0.39 is 0 Å². The number of pyridine rings is 1. The highest BCUT2D eigenvalue weighted by atomic mass is 16.5. The monoisotopic (exact) mass is 337 g/mol. The summed E-state index contributed by atoms with van der Waals surface area (Å²) in [6.07, 6.45) is 2.54. The largest absolute Gasteiger partial charge is 0.439 e. The van der Waals surface area contributed by atoms with Crippen LogP contribution in [0.15, 0.2) is 53.2 Å². The Morgan fingerprint density at radius 1 is 1.20 bits per heavy atom. The van der Waals surface area contributed by atoms with Crippen LogP contribution in [0.25, 0.3) is 0 Å². The van der Waals surface area contributed by atoms with Crippen molar-refractivity contribution in [2.24, 2.45) is 0 Å². The topological polar surface area (TPSA) is 77.3 Å². The first-order valence-electron chi connectivity index (χ1n) is 8.02. The Kier molecular flexibility index (Phi) is 5.09. The molecule has 128 valence electrons. The van der Waals surface area contributed by atoms with E-state index in [0.29, 0.717) is 30.2 Å². The van der Waals surface area contributed by atoms with Crippen molar-refractivity contribution in [1.29, 1.82) is 0 Å². The minimum absolute atomic E-state index is 0.0862. The van der Waals surface area contributed by atoms with Crippen molar-refractivity contribution in [3.05, 3.63) is 65.7 Å². The molecule has 3 rings (SSSR count). The number of carbonyl (C=O) groups is 1. The lowest BCUT2D eigenvalue weighted by Crippen LogP contribution is -2.12. The van der Waals surface area contributed by atoms with Crippen LogP contribution in [0.2, 0.25) is 0 Å². The number of carbonyl (C=O) groups excluding carboxylic acids is 1. The molecule has 25 heavy (non-hydrogen) atoms. The van der Waals surface area contributed by atoms with Gasteiger partial charge in [0.15, 0.2) is 0 Å². The van der Waals surface area contributed by atoms with Gasteiger partial charge in [0.25, 0.3) is 0 Å². The zero-order chi connectivity index (χ0) is 17.6. The number of hydrogen-bond donors (Lipinski definition) is 1. The van der Waals surface area contributed by atoms with E-state index in [2.05, 4.69) is 15.5 Å². The molecule has 6 heteroatoms. The number of amides is 1. The average molecular weight is 337 g/mol. The van der Waals surface area contributed by atoms with Crippen molar-refractivity contribution in [3.8, 4) is 11.6 Å². The first-order valence-corrected chi connectivity index (χ1v) is 8.02. The summed E-state index contributed by atoms with van der Waals surface area (Å²) in [5.74, 6) is 1.79. The SMILES string of the molecule is Cc1noc(C)c1CCC(=O)Nc1ccnc(Oc2ccccc2)c1. The van der Waals surface area contributed by atoms with Crippen LogP contribution in [0.1, 0.15) is 23.4 Å². The molecule has 0 bridgehead atoms. The Labute approximate surface area is 145 Å². The fraction of sp³-hybridized carbons (Fsp3) is 0.211. The molecule has 0 aliphatic carbocycles. The number of para-hydroxylation sites is 1. The molecule has 0 saturated carbocycles. The van der Waals surface area contributed by atoms with E-state index in [-0.39, 0.29) is 5.91 Å². The van der Waals surface area contributed by atoms with E-state index in [9.17, 15) is 4.79 Å². The quantitative estimate of drug-likeness (QED) is 0.734. The van der Waals surface area contributed by atoms with Crippen molar-refractivity contribution < 1.29 is 14.1 Å². The van der Waals surface area contributed by atoms with E-state index in [1.165, 1.54) is 0 Å². The molecule has 0 radical (unpaired) electrons. The van der Waals surface area contributed by atoms with E-state index in [4.69, 9.17) is 9.26 Å². The molecule has 2 heterocycles. The maximum Gasteiger partial charge on any atom is 0.224 e. The lowest BCUT2D eigenvalue weighted by molar-refractivity contribution is -0.116. The highest BCUT2D eigenvalue weighted by Crippen LogP contribution is 2.21. The van der Waals surface area contributed by atoms with Gasteiger partial charge in [0.05, 0.1) is 5.69 Å². The van der Waals surface area contributed by atoms with E-state index >= 15 is 0 Å². The predicted molar refractivity (Wildman–Crippen MR) is 93.7 cm³/mol. The molecular formula is C19H19N3O3. The van der Waals surface area contributed by atoms with Gasteiger partial charge < -0.3 is 14.6 Å². The second-order valence-corrected chi connectivity index (χ2v) is 5.65. The Morgan fingerprint density at radius 2 is 2.00 bits per heavy atom. The van der Waals surface area contributed by atoms with Gasteiger partial charge in [-0.2, -0.15) is 0 Å². The molecule has 0 aliphatic rings. The van der Waals surface area contributed by atoms with Crippen molar-refractivity contribution in [1.82, 2.24) is 10.1 Å². The Hall–Kier alpha value is -3.15. The third kappa shape index (κ3) is 4.44. The maximum atomic E-state index is 12.2. The van der Waals surface area contributed by atoms with Gasteiger partial charge in [-0.3, -0.25) is 4.79 Å². The van der Waals surface area contributed by atoms with Gasteiger partial charge in [-0.25, -0.2) is 4.98 Å². The van der Waals surface area contributed by atoms with Gasteiger partial charge in [-0.15, -0.1) is 0 Å². The van der Waals surface area contributed by atoms with Gasteiger partial charge in [0, 0.05) is 29.9 Å². The summed E-state index contributed by atoms with van der Waals surface area (Å²) in [7, 11) is 0. The summed E-state index contributed by atoms with van der Waals surface area (Å²) in [6.45, 7) is 3.73. The number of aryl methyl sites for hydroxylation is 2. The molecule has 0 saturated heterocycles. The number of ether oxygens (including phenoxy) is 1. The highest BCUT2D eigenvalue weighted by Gasteiger charge is 2.11. The molecule has 2 aromatic heterocycles. The smallest absolute Gasteiger partial charge is 0.224 e. The van der Waals surface area contributed by atoms with Gasteiger partial charge in [0.2, 0.25) is 11.8 Å². The van der Waals surface area contributed by atoms with Crippen LogP contribution in [-0.4, -0.2) is 16.0 Å². The molecule has 0 spiro atoms. The summed E-state index contributed by atoms with van der Waals surface area (Å²) in [6, 6.07) is 12.8. The third-order valence-electron chi connectivity index (χ3n) is 3.77. The normalized spacial score (nSPS) is 10.5. The third-order valence-corrected chi connectivity index (χ3v) is 3.77. The van der Waals surface area contributed by atoms with Crippen LogP contribution in [0.5, 0.6) is 11.6 Å². The summed E-state index contributed by atoms with van der Waals surface area (Å²) in [4.78, 5) is 16.3. The molecule has 0 aliphatic heterocycles. The fourth-order valence-corrected chi connectivity index (χ4v) is 2.47. The molecule has 0 unspecified atom stereocenters. The molecule has 1 N–H and O–H groups in total. The van der Waals surface area contributed by atoms with Crippen LogP contribution in [-0.2, 0) is 11.2 Å². The van der Waals surface area contributed by atoms with Crippen LogP contribution in [0, 0.1) is 13.8 Å². The van der Waals surface area contributed by atoms with Crippen LogP contribution >= 0.6 is 0 Å². The van der Waals surface area contributed by atoms with Crippen molar-refractivity contribution in [2.45, 2.75) is 26.7 Å². The summed E-state index contributed by atoms with van der Waals surface area (Å²) in [5.41, 5.74) is 2.45. The fourth-order valence-electron chi connectivity index (χ4n) is 2.47. The van der Waals surface area contributed by atoms with Gasteiger partial charge in [-0.1, -0.05) is 23.4 Å². The number of rotatable bonds is 6. The lowest BCUT2D eigenvalue weighted by Gasteiger charge is -2.08. The Balaban J connectivity index is 1.59. The minimum atomic E-state index is -0.0862. The number of hydrogen-bond acceptors (Lipinski definition) is 5. The first-order chi connectivity index (χ1) is 12.1. The van der Waals surface area contributed by atoms with Crippen LogP contribution in [0.4, 0.5) is 5.69 Å². The van der Waals surface area contributed by atoms with Gasteiger partial charge in [-0.05, 0) is 38.5 Å². The van der Waals surface area contributed by atoms with E-state index in [0.717, 1.165) is 17.0 Å². The predicted octanol–water partition coefficient (Wildman–Crippen LogP) is 4.05. The number of aromatic nitrogens is 2. The zero-order valence-corrected chi connectivity index (χ0v) is 14.2. The number of benzene rings is 1. The van der Waals surface area contributed by atoms with Crippen LogP contribution < -0.4 is 10.1 Å². The number of nitrogens with zero attached hydrogens (tertiary/aromatic N) is 2. The molecule has 1 aromatic carbocycles. The van der Waals surface area contributed by atoms with Crippen LogP contribution in [0.3, 0.4) is 0 Å².